The quantitative estimate of drug-likeness (QED) is 0.811. The number of amides is 1. The summed E-state index contributed by atoms with van der Waals surface area (Å²) in [7, 11) is -0.510. The lowest BCUT2D eigenvalue weighted by molar-refractivity contribution is -0.131. The third kappa shape index (κ3) is 3.87. The van der Waals surface area contributed by atoms with Crippen LogP contribution in [-0.4, -0.2) is 63.3 Å². The van der Waals surface area contributed by atoms with E-state index in [2.05, 4.69) is 21.2 Å². The Bertz CT molecular complexity index is 627. The monoisotopic (exact) mass is 389 g/mol. The van der Waals surface area contributed by atoms with Crippen molar-refractivity contribution in [3.8, 4) is 0 Å². The lowest BCUT2D eigenvalue weighted by atomic mass is 10.2. The van der Waals surface area contributed by atoms with Crippen LogP contribution in [0.2, 0.25) is 0 Å². The predicted octanol–water partition coefficient (Wildman–Crippen LogP) is 0.890. The van der Waals surface area contributed by atoms with Crippen molar-refractivity contribution in [3.63, 3.8) is 0 Å². The zero-order chi connectivity index (χ0) is 16.3. The molecule has 0 aliphatic carbocycles. The van der Waals surface area contributed by atoms with Gasteiger partial charge in [-0.15, -0.1) is 0 Å². The Morgan fingerprint density at radius 1 is 1.32 bits per heavy atom. The average molecular weight is 390 g/mol. The van der Waals surface area contributed by atoms with Gasteiger partial charge in [-0.05, 0) is 37.2 Å². The molecular weight excluding hydrogens is 370 g/mol. The van der Waals surface area contributed by atoms with Crippen molar-refractivity contribution in [1.29, 1.82) is 0 Å². The second-order valence-electron chi connectivity index (χ2n) is 5.37. The van der Waals surface area contributed by atoms with Gasteiger partial charge < -0.3 is 10.2 Å². The Hall–Kier alpha value is -0.960. The van der Waals surface area contributed by atoms with Gasteiger partial charge in [0, 0.05) is 31.2 Å². The Kier molecular flexibility index (Phi) is 5.60. The van der Waals surface area contributed by atoms with Gasteiger partial charge in [0.15, 0.2) is 0 Å². The molecule has 6 nitrogen and oxygen atoms in total. The van der Waals surface area contributed by atoms with Crippen molar-refractivity contribution < 1.29 is 13.2 Å². The summed E-state index contributed by atoms with van der Waals surface area (Å²) in [5, 5.41) is 3.19. The molecule has 0 aromatic heterocycles. The van der Waals surface area contributed by atoms with Gasteiger partial charge in [0.25, 0.3) is 0 Å². The van der Waals surface area contributed by atoms with E-state index in [1.807, 2.05) is 0 Å². The summed E-state index contributed by atoms with van der Waals surface area (Å²) in [6.45, 7) is 1.48. The molecule has 1 fully saturated rings. The van der Waals surface area contributed by atoms with Crippen LogP contribution in [0.1, 0.15) is 6.42 Å². The van der Waals surface area contributed by atoms with E-state index >= 15 is 0 Å². The van der Waals surface area contributed by atoms with Crippen molar-refractivity contribution in [2.75, 3.05) is 33.7 Å². The number of likely N-dealkylation sites (N-methyl/N-ethyl adjacent to an activating group) is 2. The summed E-state index contributed by atoms with van der Waals surface area (Å²) < 4.78 is 26.8. The number of hydrogen-bond acceptors (Lipinski definition) is 4. The van der Waals surface area contributed by atoms with Crippen molar-refractivity contribution >= 4 is 31.9 Å². The van der Waals surface area contributed by atoms with Crippen LogP contribution in [0.5, 0.6) is 0 Å². The second kappa shape index (κ2) is 7.08. The lowest BCUT2D eigenvalue weighted by Crippen LogP contribution is -2.44. The summed E-state index contributed by atoms with van der Waals surface area (Å²) in [5.74, 6) is -0.197. The number of rotatable bonds is 5. The van der Waals surface area contributed by atoms with Gasteiger partial charge in [-0.1, -0.05) is 15.9 Å². The van der Waals surface area contributed by atoms with Gasteiger partial charge in [-0.2, -0.15) is 4.31 Å². The van der Waals surface area contributed by atoms with Gasteiger partial charge >= 0.3 is 0 Å². The molecule has 2 rings (SSSR count). The molecule has 1 unspecified atom stereocenters. The van der Waals surface area contributed by atoms with Crippen molar-refractivity contribution in [2.45, 2.75) is 17.4 Å². The molecule has 1 amide bonds. The van der Waals surface area contributed by atoms with Crippen LogP contribution in [0.25, 0.3) is 0 Å². The highest BCUT2D eigenvalue weighted by molar-refractivity contribution is 9.10. The predicted molar refractivity (Wildman–Crippen MR) is 88.0 cm³/mol. The molecule has 22 heavy (non-hydrogen) atoms. The Labute approximate surface area is 139 Å². The van der Waals surface area contributed by atoms with Gasteiger partial charge in [-0.25, -0.2) is 8.42 Å². The number of hydrogen-bond donors (Lipinski definition) is 1. The largest absolute Gasteiger partial charge is 0.340 e. The third-order valence-corrected chi connectivity index (χ3v) is 6.20. The van der Waals surface area contributed by atoms with Crippen LogP contribution >= 0.6 is 15.9 Å². The summed E-state index contributed by atoms with van der Waals surface area (Å²) >= 11 is 3.27. The van der Waals surface area contributed by atoms with E-state index in [4.69, 9.17) is 0 Å². The fraction of sp³-hybridized carbons (Fsp3) is 0.500. The first-order valence-corrected chi connectivity index (χ1v) is 9.24. The third-order valence-electron chi connectivity index (χ3n) is 3.86. The number of halogens is 1. The molecule has 0 radical (unpaired) electrons. The number of benzene rings is 1. The molecule has 1 atom stereocenters. The van der Waals surface area contributed by atoms with Crippen LogP contribution < -0.4 is 5.32 Å². The minimum atomic E-state index is -3.66. The van der Waals surface area contributed by atoms with Crippen LogP contribution in [0.15, 0.2) is 33.6 Å². The van der Waals surface area contributed by atoms with Crippen molar-refractivity contribution in [2.24, 2.45) is 0 Å². The van der Waals surface area contributed by atoms with Crippen molar-refractivity contribution in [3.05, 3.63) is 28.7 Å². The number of nitrogens with one attached hydrogen (secondary N) is 1. The van der Waals surface area contributed by atoms with E-state index in [9.17, 15) is 13.2 Å². The molecule has 1 aromatic carbocycles. The standard InChI is InChI=1S/C14H20BrN3O3S/c1-17(10-14(19)18(2)12-7-8-16-9-12)22(20,21)13-5-3-11(15)4-6-13/h3-6,12,16H,7-10H2,1-2H3. The van der Waals surface area contributed by atoms with Crippen LogP contribution in [0.4, 0.5) is 0 Å². The van der Waals surface area contributed by atoms with Crippen molar-refractivity contribution in [1.82, 2.24) is 14.5 Å². The molecule has 0 spiro atoms. The Morgan fingerprint density at radius 2 is 1.95 bits per heavy atom. The number of sulfonamides is 1. The minimum Gasteiger partial charge on any atom is -0.340 e. The zero-order valence-electron chi connectivity index (χ0n) is 12.6. The molecule has 0 bridgehead atoms. The number of carbonyl (C=O) groups excluding carboxylic acids is 1. The molecule has 1 saturated heterocycles. The highest BCUT2D eigenvalue weighted by Gasteiger charge is 2.27. The van der Waals surface area contributed by atoms with Crippen LogP contribution in [0.3, 0.4) is 0 Å². The minimum absolute atomic E-state index is 0.135. The van der Waals surface area contributed by atoms with E-state index in [0.29, 0.717) is 0 Å². The van der Waals surface area contributed by atoms with Crippen LogP contribution in [0, 0.1) is 0 Å². The first-order chi connectivity index (χ1) is 10.3. The zero-order valence-corrected chi connectivity index (χ0v) is 15.0. The average Bonchev–Trinajstić information content (AvgIpc) is 3.00. The first kappa shape index (κ1) is 17.4. The van der Waals surface area contributed by atoms with E-state index < -0.39 is 10.0 Å². The summed E-state index contributed by atoms with van der Waals surface area (Å²) in [6, 6.07) is 6.50. The summed E-state index contributed by atoms with van der Waals surface area (Å²) in [5.41, 5.74) is 0. The first-order valence-electron chi connectivity index (χ1n) is 7.00. The summed E-state index contributed by atoms with van der Waals surface area (Å²) in [6.07, 6.45) is 0.894. The number of nitrogens with zero attached hydrogens (tertiary/aromatic N) is 2. The van der Waals surface area contributed by atoms with E-state index in [-0.39, 0.29) is 23.4 Å². The van der Waals surface area contributed by atoms with E-state index in [0.717, 1.165) is 28.3 Å². The molecule has 1 aliphatic rings. The van der Waals surface area contributed by atoms with Gasteiger partial charge in [0.1, 0.15) is 0 Å². The fourth-order valence-corrected chi connectivity index (χ4v) is 3.73. The molecule has 0 saturated carbocycles. The second-order valence-corrected chi connectivity index (χ2v) is 8.33. The normalized spacial score (nSPS) is 18.6. The molecular formula is C14H20BrN3O3S. The summed E-state index contributed by atoms with van der Waals surface area (Å²) in [4.78, 5) is 14.1. The molecule has 1 N–H and O–H groups in total. The lowest BCUT2D eigenvalue weighted by Gasteiger charge is -2.26. The Morgan fingerprint density at radius 3 is 2.50 bits per heavy atom. The van der Waals surface area contributed by atoms with Gasteiger partial charge in [-0.3, -0.25) is 4.79 Å². The number of carbonyl (C=O) groups is 1. The fourth-order valence-electron chi connectivity index (χ4n) is 2.35. The van der Waals surface area contributed by atoms with E-state index in [1.165, 1.54) is 19.2 Å². The maximum atomic E-state index is 12.5. The van der Waals surface area contributed by atoms with E-state index in [1.54, 1.807) is 24.1 Å². The van der Waals surface area contributed by atoms with Gasteiger partial charge in [0.2, 0.25) is 15.9 Å². The molecule has 1 aromatic rings. The molecule has 8 heteroatoms. The molecule has 1 aliphatic heterocycles. The smallest absolute Gasteiger partial charge is 0.243 e. The maximum absolute atomic E-state index is 12.5. The SMILES string of the molecule is CN(C(=O)CN(C)S(=O)(=O)c1ccc(Br)cc1)C1CCNC1. The topological polar surface area (TPSA) is 69.7 Å². The Balaban J connectivity index is 2.05. The highest BCUT2D eigenvalue weighted by Crippen LogP contribution is 2.18. The molecule has 1 heterocycles. The van der Waals surface area contributed by atoms with Gasteiger partial charge in [0.05, 0.1) is 11.4 Å². The maximum Gasteiger partial charge on any atom is 0.243 e. The molecule has 122 valence electrons. The highest BCUT2D eigenvalue weighted by atomic mass is 79.9. The van der Waals surface area contributed by atoms with Crippen LogP contribution in [-0.2, 0) is 14.8 Å².